The zero-order valence-electron chi connectivity index (χ0n) is 14.3. The van der Waals surface area contributed by atoms with E-state index in [2.05, 4.69) is 41.8 Å². The maximum absolute atomic E-state index is 12.1. The Bertz CT molecular complexity index is 805. The molecule has 0 fully saturated rings. The molecular formula is C19H21N3O3. The lowest BCUT2D eigenvalue weighted by Gasteiger charge is -2.09. The molecule has 2 N–H and O–H groups in total. The number of amides is 1. The molecule has 25 heavy (non-hydrogen) atoms. The second-order valence-corrected chi connectivity index (χ2v) is 6.01. The zero-order chi connectivity index (χ0) is 17.6. The fourth-order valence-corrected chi connectivity index (χ4v) is 2.38. The second kappa shape index (κ2) is 7.70. The van der Waals surface area contributed by atoms with Gasteiger partial charge in [-0.15, -0.1) is 0 Å². The highest BCUT2D eigenvalue weighted by Crippen LogP contribution is 2.20. The zero-order valence-corrected chi connectivity index (χ0v) is 14.3. The van der Waals surface area contributed by atoms with E-state index in [9.17, 15) is 4.79 Å². The Balaban J connectivity index is 1.45. The van der Waals surface area contributed by atoms with Crippen LogP contribution in [0.3, 0.4) is 0 Å². The average Bonchev–Trinajstić information content (AvgIpc) is 3.29. The summed E-state index contributed by atoms with van der Waals surface area (Å²) in [5.41, 5.74) is 2.56. The summed E-state index contributed by atoms with van der Waals surface area (Å²) in [4.78, 5) is 12.1. The molecule has 6 nitrogen and oxygen atoms in total. The molecule has 3 aromatic rings. The Morgan fingerprint density at radius 2 is 1.92 bits per heavy atom. The highest BCUT2D eigenvalue weighted by molar-refractivity contribution is 5.92. The van der Waals surface area contributed by atoms with Gasteiger partial charge in [-0.05, 0) is 35.7 Å². The number of anilines is 1. The molecular weight excluding hydrogens is 318 g/mol. The number of furan rings is 1. The van der Waals surface area contributed by atoms with Gasteiger partial charge in [-0.2, -0.15) is 0 Å². The molecule has 0 saturated heterocycles. The molecule has 3 rings (SSSR count). The van der Waals surface area contributed by atoms with E-state index in [4.69, 9.17) is 8.94 Å². The number of carbonyl (C=O) groups is 1. The monoisotopic (exact) mass is 339 g/mol. The van der Waals surface area contributed by atoms with Crippen LogP contribution < -0.4 is 10.6 Å². The SMILES string of the molecule is CC(C)c1ccc(NCCNC(=O)c2cc(-c3ccco3)on2)cc1. The van der Waals surface area contributed by atoms with Gasteiger partial charge in [0.25, 0.3) is 5.91 Å². The van der Waals surface area contributed by atoms with Crippen molar-refractivity contribution in [2.45, 2.75) is 19.8 Å². The normalized spacial score (nSPS) is 10.8. The summed E-state index contributed by atoms with van der Waals surface area (Å²) in [6, 6.07) is 13.4. The Morgan fingerprint density at radius 1 is 1.12 bits per heavy atom. The van der Waals surface area contributed by atoms with Crippen molar-refractivity contribution >= 4 is 11.6 Å². The molecule has 0 aliphatic carbocycles. The van der Waals surface area contributed by atoms with Gasteiger partial charge >= 0.3 is 0 Å². The molecule has 2 heterocycles. The summed E-state index contributed by atoms with van der Waals surface area (Å²) in [5.74, 6) is 1.21. The second-order valence-electron chi connectivity index (χ2n) is 6.01. The summed E-state index contributed by atoms with van der Waals surface area (Å²) < 4.78 is 10.3. The van der Waals surface area contributed by atoms with Crippen molar-refractivity contribution in [2.24, 2.45) is 0 Å². The van der Waals surface area contributed by atoms with Crippen molar-refractivity contribution in [1.29, 1.82) is 0 Å². The number of benzene rings is 1. The smallest absolute Gasteiger partial charge is 0.273 e. The molecule has 0 saturated carbocycles. The predicted molar refractivity (Wildman–Crippen MR) is 95.6 cm³/mol. The Labute approximate surface area is 146 Å². The molecule has 0 aliphatic heterocycles. The summed E-state index contributed by atoms with van der Waals surface area (Å²) in [7, 11) is 0. The fourth-order valence-electron chi connectivity index (χ4n) is 2.38. The number of hydrogen-bond acceptors (Lipinski definition) is 5. The largest absolute Gasteiger partial charge is 0.461 e. The number of nitrogens with zero attached hydrogens (tertiary/aromatic N) is 1. The van der Waals surface area contributed by atoms with Gasteiger partial charge in [-0.1, -0.05) is 31.1 Å². The average molecular weight is 339 g/mol. The first-order chi connectivity index (χ1) is 12.1. The number of rotatable bonds is 7. The Morgan fingerprint density at radius 3 is 2.60 bits per heavy atom. The molecule has 1 amide bonds. The van der Waals surface area contributed by atoms with Crippen LogP contribution in [0.5, 0.6) is 0 Å². The van der Waals surface area contributed by atoms with Gasteiger partial charge in [0.2, 0.25) is 5.76 Å². The van der Waals surface area contributed by atoms with E-state index in [1.807, 2.05) is 12.1 Å². The molecule has 0 atom stereocenters. The van der Waals surface area contributed by atoms with E-state index >= 15 is 0 Å². The summed E-state index contributed by atoms with van der Waals surface area (Å²) in [6.45, 7) is 5.43. The van der Waals surface area contributed by atoms with Gasteiger partial charge in [-0.25, -0.2) is 0 Å². The Hall–Kier alpha value is -3.02. The van der Waals surface area contributed by atoms with E-state index in [-0.39, 0.29) is 11.6 Å². The molecule has 0 aliphatic rings. The van der Waals surface area contributed by atoms with Crippen LogP contribution in [0.25, 0.3) is 11.5 Å². The van der Waals surface area contributed by atoms with E-state index in [0.29, 0.717) is 30.5 Å². The summed E-state index contributed by atoms with van der Waals surface area (Å²) >= 11 is 0. The molecule has 1 aromatic carbocycles. The maximum Gasteiger partial charge on any atom is 0.273 e. The lowest BCUT2D eigenvalue weighted by molar-refractivity contribution is 0.0946. The van der Waals surface area contributed by atoms with Crippen LogP contribution >= 0.6 is 0 Å². The number of aromatic nitrogens is 1. The predicted octanol–water partition coefficient (Wildman–Crippen LogP) is 3.90. The topological polar surface area (TPSA) is 80.3 Å². The summed E-state index contributed by atoms with van der Waals surface area (Å²) in [5, 5.41) is 9.84. The summed E-state index contributed by atoms with van der Waals surface area (Å²) in [6.07, 6.45) is 1.54. The van der Waals surface area contributed by atoms with Gasteiger partial charge in [0, 0.05) is 24.8 Å². The van der Waals surface area contributed by atoms with E-state index in [0.717, 1.165) is 5.69 Å². The first kappa shape index (κ1) is 16.8. The molecule has 0 unspecified atom stereocenters. The van der Waals surface area contributed by atoms with Gasteiger partial charge in [-0.3, -0.25) is 4.79 Å². The molecule has 6 heteroatoms. The fraction of sp³-hybridized carbons (Fsp3) is 0.263. The molecule has 0 bridgehead atoms. The van der Waals surface area contributed by atoms with Crippen LogP contribution in [0.15, 0.2) is 57.7 Å². The van der Waals surface area contributed by atoms with Crippen molar-refractivity contribution in [1.82, 2.24) is 10.5 Å². The van der Waals surface area contributed by atoms with Crippen LogP contribution in [0.4, 0.5) is 5.69 Å². The Kier molecular flexibility index (Phi) is 5.18. The third kappa shape index (κ3) is 4.29. The van der Waals surface area contributed by atoms with Gasteiger partial charge in [0.15, 0.2) is 11.5 Å². The van der Waals surface area contributed by atoms with Crippen LogP contribution in [0, 0.1) is 0 Å². The van der Waals surface area contributed by atoms with Gasteiger partial charge in [0.05, 0.1) is 6.26 Å². The van der Waals surface area contributed by atoms with Crippen LogP contribution in [0.1, 0.15) is 35.8 Å². The van der Waals surface area contributed by atoms with Crippen LogP contribution in [-0.2, 0) is 0 Å². The lowest BCUT2D eigenvalue weighted by atomic mass is 10.0. The standard InChI is InChI=1S/C19H21N3O3/c1-13(2)14-5-7-15(8-6-14)20-9-10-21-19(23)16-12-18(25-22-16)17-4-3-11-24-17/h3-8,11-13,20H,9-10H2,1-2H3,(H,21,23). The van der Waals surface area contributed by atoms with E-state index in [1.54, 1.807) is 18.2 Å². The highest BCUT2D eigenvalue weighted by Gasteiger charge is 2.14. The molecule has 0 spiro atoms. The molecule has 130 valence electrons. The lowest BCUT2D eigenvalue weighted by Crippen LogP contribution is -2.28. The van der Waals surface area contributed by atoms with Crippen molar-refractivity contribution in [3.63, 3.8) is 0 Å². The highest BCUT2D eigenvalue weighted by atomic mass is 16.5. The molecule has 0 radical (unpaired) electrons. The van der Waals surface area contributed by atoms with Gasteiger partial charge < -0.3 is 19.6 Å². The molecule has 2 aromatic heterocycles. The number of hydrogen-bond donors (Lipinski definition) is 2. The van der Waals surface area contributed by atoms with Crippen LogP contribution in [-0.4, -0.2) is 24.2 Å². The van der Waals surface area contributed by atoms with Crippen molar-refractivity contribution in [3.8, 4) is 11.5 Å². The first-order valence-electron chi connectivity index (χ1n) is 8.26. The van der Waals surface area contributed by atoms with Crippen molar-refractivity contribution in [3.05, 3.63) is 60.0 Å². The van der Waals surface area contributed by atoms with Gasteiger partial charge in [0.1, 0.15) is 0 Å². The van der Waals surface area contributed by atoms with Crippen molar-refractivity contribution < 1.29 is 13.7 Å². The van der Waals surface area contributed by atoms with Crippen molar-refractivity contribution in [2.75, 3.05) is 18.4 Å². The third-order valence-corrected chi connectivity index (χ3v) is 3.82. The van der Waals surface area contributed by atoms with E-state index in [1.165, 1.54) is 11.8 Å². The minimum atomic E-state index is -0.279. The van der Waals surface area contributed by atoms with Crippen LogP contribution in [0.2, 0.25) is 0 Å². The quantitative estimate of drug-likeness (QED) is 0.638. The maximum atomic E-state index is 12.1. The van der Waals surface area contributed by atoms with E-state index < -0.39 is 0 Å². The minimum absolute atomic E-state index is 0.229. The minimum Gasteiger partial charge on any atom is -0.461 e. The number of nitrogens with one attached hydrogen (secondary N) is 2. The third-order valence-electron chi connectivity index (χ3n) is 3.82. The number of carbonyl (C=O) groups excluding carboxylic acids is 1. The first-order valence-corrected chi connectivity index (χ1v) is 8.26.